The molecule has 1 N–H and O–H groups in total. The van der Waals surface area contributed by atoms with E-state index in [0.29, 0.717) is 44.1 Å². The summed E-state index contributed by atoms with van der Waals surface area (Å²) in [4.78, 5) is 17.7. The molecule has 6 nitrogen and oxygen atoms in total. The van der Waals surface area contributed by atoms with E-state index >= 15 is 0 Å². The van der Waals surface area contributed by atoms with Gasteiger partial charge in [-0.2, -0.15) is 5.10 Å². The van der Waals surface area contributed by atoms with Gasteiger partial charge in [0.15, 0.2) is 11.6 Å². The van der Waals surface area contributed by atoms with E-state index in [0.717, 1.165) is 29.3 Å². The Morgan fingerprint density at radius 1 is 0.914 bits per heavy atom. The average Bonchev–Trinajstić information content (AvgIpc) is 3.83. The van der Waals surface area contributed by atoms with Crippen LogP contribution < -0.4 is 0 Å². The summed E-state index contributed by atoms with van der Waals surface area (Å²) in [7, 11) is 0. The van der Waals surface area contributed by atoms with Gasteiger partial charge in [-0.1, -0.05) is 60.7 Å². The first-order chi connectivity index (χ1) is 17.1. The van der Waals surface area contributed by atoms with Crippen molar-refractivity contribution in [1.82, 2.24) is 14.8 Å². The predicted octanol–water partition coefficient (Wildman–Crippen LogP) is 5.57. The van der Waals surface area contributed by atoms with Gasteiger partial charge in [0.25, 0.3) is 0 Å². The Balaban J connectivity index is 1.38. The molecule has 1 aromatic heterocycles. The molecule has 0 spiro atoms. The largest absolute Gasteiger partial charge is 0.481 e. The number of aliphatic carboxylic acids is 1. The SMILES string of the molecule is O=C(O)[C@]1(c2ccccc2)CC[C@@](OCC2CC2)(c2nc(-c3ccccc3)nn2CC2CC2)CC1. The maximum atomic E-state index is 12.6. The first kappa shape index (κ1) is 22.5. The summed E-state index contributed by atoms with van der Waals surface area (Å²) in [5.74, 6) is 2.12. The minimum absolute atomic E-state index is 0.522. The Kier molecular flexibility index (Phi) is 5.72. The van der Waals surface area contributed by atoms with Crippen LogP contribution in [-0.2, 0) is 27.1 Å². The van der Waals surface area contributed by atoms with Crippen molar-refractivity contribution in [2.45, 2.75) is 68.9 Å². The van der Waals surface area contributed by atoms with Crippen LogP contribution in [-0.4, -0.2) is 32.4 Å². The van der Waals surface area contributed by atoms with E-state index in [1.54, 1.807) is 0 Å². The Morgan fingerprint density at radius 3 is 2.14 bits per heavy atom. The second-order valence-electron chi connectivity index (χ2n) is 10.8. The zero-order chi connectivity index (χ0) is 23.9. The van der Waals surface area contributed by atoms with E-state index in [4.69, 9.17) is 14.8 Å². The summed E-state index contributed by atoms with van der Waals surface area (Å²) < 4.78 is 8.85. The topological polar surface area (TPSA) is 77.2 Å². The number of aromatic nitrogens is 3. The molecule has 0 aliphatic heterocycles. The third kappa shape index (κ3) is 4.40. The first-order valence-corrected chi connectivity index (χ1v) is 13.0. The molecule has 182 valence electrons. The van der Waals surface area contributed by atoms with Crippen molar-refractivity contribution in [2.75, 3.05) is 6.61 Å². The molecule has 3 aliphatic carbocycles. The first-order valence-electron chi connectivity index (χ1n) is 13.0. The third-order valence-electron chi connectivity index (χ3n) is 8.18. The molecule has 6 rings (SSSR count). The van der Waals surface area contributed by atoms with E-state index in [9.17, 15) is 9.90 Å². The van der Waals surface area contributed by atoms with Crippen molar-refractivity contribution >= 4 is 5.97 Å². The van der Waals surface area contributed by atoms with Crippen LogP contribution in [0, 0.1) is 11.8 Å². The van der Waals surface area contributed by atoms with Crippen molar-refractivity contribution in [3.05, 3.63) is 72.1 Å². The van der Waals surface area contributed by atoms with Gasteiger partial charge in [-0.25, -0.2) is 9.67 Å². The summed E-state index contributed by atoms with van der Waals surface area (Å²) in [6.07, 6.45) is 7.17. The highest BCUT2D eigenvalue weighted by Gasteiger charge is 2.52. The van der Waals surface area contributed by atoms with Gasteiger partial charge in [0.05, 0.1) is 12.0 Å². The normalized spacial score (nSPS) is 26.5. The Morgan fingerprint density at radius 2 is 1.54 bits per heavy atom. The molecule has 35 heavy (non-hydrogen) atoms. The van der Waals surface area contributed by atoms with E-state index in [1.165, 1.54) is 25.7 Å². The number of carboxylic acid groups (broad SMARTS) is 1. The Bertz CT molecular complexity index is 1170. The third-order valence-corrected chi connectivity index (χ3v) is 8.18. The lowest BCUT2D eigenvalue weighted by Crippen LogP contribution is -2.47. The lowest BCUT2D eigenvalue weighted by Gasteiger charge is -2.44. The van der Waals surface area contributed by atoms with Crippen LogP contribution in [0.1, 0.15) is 62.8 Å². The number of ether oxygens (including phenoxy) is 1. The van der Waals surface area contributed by atoms with Crippen LogP contribution in [0.25, 0.3) is 11.4 Å². The van der Waals surface area contributed by atoms with Crippen molar-refractivity contribution in [3.8, 4) is 11.4 Å². The van der Waals surface area contributed by atoms with Crippen LogP contribution in [0.2, 0.25) is 0 Å². The highest BCUT2D eigenvalue weighted by atomic mass is 16.5. The van der Waals surface area contributed by atoms with E-state index in [2.05, 4.69) is 4.68 Å². The molecule has 0 amide bonds. The number of nitrogens with zero attached hydrogens (tertiary/aromatic N) is 3. The van der Waals surface area contributed by atoms with Crippen molar-refractivity contribution in [3.63, 3.8) is 0 Å². The molecular formula is C29H33N3O3. The van der Waals surface area contributed by atoms with Gasteiger partial charge in [-0.15, -0.1) is 0 Å². The molecule has 3 saturated carbocycles. The van der Waals surface area contributed by atoms with Crippen LogP contribution in [0.15, 0.2) is 60.7 Å². The lowest BCUT2D eigenvalue weighted by molar-refractivity contribution is -0.151. The monoisotopic (exact) mass is 471 g/mol. The molecule has 6 heteroatoms. The molecule has 3 aliphatic rings. The minimum Gasteiger partial charge on any atom is -0.481 e. The minimum atomic E-state index is -0.892. The van der Waals surface area contributed by atoms with Gasteiger partial charge >= 0.3 is 5.97 Å². The van der Waals surface area contributed by atoms with E-state index < -0.39 is 17.0 Å². The zero-order valence-electron chi connectivity index (χ0n) is 20.1. The van der Waals surface area contributed by atoms with Crippen LogP contribution in [0.3, 0.4) is 0 Å². The van der Waals surface area contributed by atoms with Crippen LogP contribution in [0.5, 0.6) is 0 Å². The smallest absolute Gasteiger partial charge is 0.314 e. The van der Waals surface area contributed by atoms with E-state index in [-0.39, 0.29) is 0 Å². The second kappa shape index (κ2) is 8.90. The molecule has 0 radical (unpaired) electrons. The van der Waals surface area contributed by atoms with Crippen LogP contribution in [0.4, 0.5) is 0 Å². The number of carbonyl (C=O) groups is 1. The molecule has 3 aromatic rings. The maximum absolute atomic E-state index is 12.6. The fourth-order valence-corrected chi connectivity index (χ4v) is 5.52. The molecule has 3 fully saturated rings. The molecule has 0 unspecified atom stereocenters. The number of hydrogen-bond acceptors (Lipinski definition) is 4. The Labute approximate surface area is 206 Å². The quantitative estimate of drug-likeness (QED) is 0.441. The second-order valence-corrected chi connectivity index (χ2v) is 10.8. The standard InChI is InChI=1S/C29H33N3O3/c33-27(34)28(24-9-5-2-6-10-24)15-17-29(18-16-28,35-20-22-13-14-22)26-30-25(23-7-3-1-4-8-23)31-32(26)19-21-11-12-21/h1-10,21-22H,11-20H2,(H,33,34)/t28-,29+. The molecule has 1 heterocycles. The van der Waals surface area contributed by atoms with Crippen LogP contribution >= 0.6 is 0 Å². The number of benzene rings is 2. The van der Waals surface area contributed by atoms with Crippen molar-refractivity contribution < 1.29 is 14.6 Å². The summed E-state index contributed by atoms with van der Waals surface area (Å²) in [6, 6.07) is 19.8. The van der Waals surface area contributed by atoms with Gasteiger partial charge in [-0.05, 0) is 68.8 Å². The van der Waals surface area contributed by atoms with E-state index in [1.807, 2.05) is 60.7 Å². The summed E-state index contributed by atoms with van der Waals surface area (Å²) in [6.45, 7) is 1.56. The average molecular weight is 472 g/mol. The lowest BCUT2D eigenvalue weighted by atomic mass is 9.65. The number of rotatable bonds is 9. The molecule has 0 saturated heterocycles. The fraction of sp³-hybridized carbons (Fsp3) is 0.483. The summed E-state index contributed by atoms with van der Waals surface area (Å²) in [5, 5.41) is 15.3. The molecular weight excluding hydrogens is 438 g/mol. The maximum Gasteiger partial charge on any atom is 0.314 e. The Hall–Kier alpha value is -2.99. The fourth-order valence-electron chi connectivity index (χ4n) is 5.52. The van der Waals surface area contributed by atoms with Gasteiger partial charge in [-0.3, -0.25) is 4.79 Å². The summed E-state index contributed by atoms with van der Waals surface area (Å²) in [5.41, 5.74) is 0.385. The molecule has 0 bridgehead atoms. The van der Waals surface area contributed by atoms with Crippen molar-refractivity contribution in [1.29, 1.82) is 0 Å². The van der Waals surface area contributed by atoms with Gasteiger partial charge in [0.1, 0.15) is 5.60 Å². The van der Waals surface area contributed by atoms with Crippen molar-refractivity contribution in [2.24, 2.45) is 11.8 Å². The highest BCUT2D eigenvalue weighted by Crippen LogP contribution is 2.50. The predicted molar refractivity (Wildman–Crippen MR) is 133 cm³/mol. The molecule has 2 aromatic carbocycles. The number of hydrogen-bond donors (Lipinski definition) is 1. The van der Waals surface area contributed by atoms with Gasteiger partial charge in [0, 0.05) is 12.1 Å². The van der Waals surface area contributed by atoms with Gasteiger partial charge < -0.3 is 9.84 Å². The highest BCUT2D eigenvalue weighted by molar-refractivity contribution is 5.81. The zero-order valence-corrected chi connectivity index (χ0v) is 20.1. The van der Waals surface area contributed by atoms with Gasteiger partial charge in [0.2, 0.25) is 0 Å². The number of carboxylic acids is 1. The molecule has 0 atom stereocenters. The summed E-state index contributed by atoms with van der Waals surface area (Å²) >= 11 is 0.